The summed E-state index contributed by atoms with van der Waals surface area (Å²) in [6.07, 6.45) is 0.775. The van der Waals surface area contributed by atoms with Gasteiger partial charge in [0.05, 0.1) is 6.04 Å². The maximum atomic E-state index is 12.2. The Morgan fingerprint density at radius 2 is 2.21 bits per heavy atom. The van der Waals surface area contributed by atoms with E-state index >= 15 is 0 Å². The standard InChI is InChI=1S/C12H13NO6/c1-5-3-6(10(15)16)13-8(5)7(9(13)14)12(2)4-18-11(17)19-12/h3,5,7-8H,4H2,1-2H3,(H,15,16)/t5-,7-,8-,12-/m1/s1. The highest BCUT2D eigenvalue weighted by Crippen LogP contribution is 2.48. The zero-order valence-electron chi connectivity index (χ0n) is 10.5. The number of β-lactam (4-membered cyclic amide) rings is 1. The molecule has 19 heavy (non-hydrogen) atoms. The van der Waals surface area contributed by atoms with Crippen LogP contribution >= 0.6 is 0 Å². The molecule has 3 rings (SSSR count). The summed E-state index contributed by atoms with van der Waals surface area (Å²) in [7, 11) is 0. The number of amides is 1. The number of nitrogens with zero attached hydrogens (tertiary/aromatic N) is 1. The van der Waals surface area contributed by atoms with E-state index in [1.165, 1.54) is 4.90 Å². The minimum atomic E-state index is -1.12. The first-order valence-electron chi connectivity index (χ1n) is 5.99. The molecule has 2 fully saturated rings. The summed E-state index contributed by atoms with van der Waals surface area (Å²) in [6, 6.07) is -0.280. The second-order valence-corrected chi connectivity index (χ2v) is 5.35. The average molecular weight is 267 g/mol. The molecule has 4 atom stereocenters. The Bertz CT molecular complexity index is 526. The molecule has 7 nitrogen and oxygen atoms in total. The number of aliphatic carboxylic acids is 1. The number of carbonyl (C=O) groups excluding carboxylic acids is 2. The van der Waals surface area contributed by atoms with Crippen molar-refractivity contribution in [2.45, 2.75) is 25.5 Å². The van der Waals surface area contributed by atoms with Crippen LogP contribution in [0.1, 0.15) is 13.8 Å². The number of hydrogen-bond donors (Lipinski definition) is 1. The van der Waals surface area contributed by atoms with E-state index in [2.05, 4.69) is 0 Å². The van der Waals surface area contributed by atoms with Crippen molar-refractivity contribution >= 4 is 18.0 Å². The number of carbonyl (C=O) groups is 3. The third kappa shape index (κ3) is 1.41. The van der Waals surface area contributed by atoms with Gasteiger partial charge in [0.15, 0.2) is 5.60 Å². The van der Waals surface area contributed by atoms with E-state index in [0.717, 1.165) is 0 Å². The largest absolute Gasteiger partial charge is 0.509 e. The van der Waals surface area contributed by atoms with Crippen LogP contribution in [-0.2, 0) is 19.1 Å². The van der Waals surface area contributed by atoms with E-state index in [4.69, 9.17) is 14.6 Å². The van der Waals surface area contributed by atoms with Crippen LogP contribution in [0.25, 0.3) is 0 Å². The quantitative estimate of drug-likeness (QED) is 0.573. The Morgan fingerprint density at radius 1 is 1.53 bits per heavy atom. The molecule has 0 aliphatic carbocycles. The Labute approximate surface area is 108 Å². The Balaban J connectivity index is 1.88. The second kappa shape index (κ2) is 3.49. The molecular weight excluding hydrogens is 254 g/mol. The van der Waals surface area contributed by atoms with E-state index in [-0.39, 0.29) is 30.2 Å². The van der Waals surface area contributed by atoms with Gasteiger partial charge < -0.3 is 19.5 Å². The van der Waals surface area contributed by atoms with Gasteiger partial charge in [-0.3, -0.25) is 4.79 Å². The third-order valence-electron chi connectivity index (χ3n) is 4.03. The van der Waals surface area contributed by atoms with Crippen molar-refractivity contribution in [1.82, 2.24) is 4.90 Å². The van der Waals surface area contributed by atoms with Crippen molar-refractivity contribution in [2.75, 3.05) is 6.61 Å². The zero-order chi connectivity index (χ0) is 13.9. The molecule has 1 amide bonds. The number of ether oxygens (including phenoxy) is 2. The highest BCUT2D eigenvalue weighted by atomic mass is 16.8. The number of carboxylic acid groups (broad SMARTS) is 1. The lowest BCUT2D eigenvalue weighted by molar-refractivity contribution is -0.170. The minimum absolute atomic E-state index is 0.00703. The van der Waals surface area contributed by atoms with Gasteiger partial charge in [-0.2, -0.15) is 0 Å². The highest BCUT2D eigenvalue weighted by molar-refractivity contribution is 5.99. The van der Waals surface area contributed by atoms with Gasteiger partial charge in [0, 0.05) is 0 Å². The Hall–Kier alpha value is -2.05. The van der Waals surface area contributed by atoms with Gasteiger partial charge in [-0.05, 0) is 18.9 Å². The average Bonchev–Trinajstić information content (AvgIpc) is 2.78. The van der Waals surface area contributed by atoms with Gasteiger partial charge in [-0.1, -0.05) is 6.92 Å². The van der Waals surface area contributed by atoms with Crippen molar-refractivity contribution in [3.05, 3.63) is 11.8 Å². The lowest BCUT2D eigenvalue weighted by Gasteiger charge is -2.49. The van der Waals surface area contributed by atoms with Crippen molar-refractivity contribution in [3.63, 3.8) is 0 Å². The molecule has 0 aromatic carbocycles. The molecule has 3 heterocycles. The van der Waals surface area contributed by atoms with Gasteiger partial charge in [-0.25, -0.2) is 9.59 Å². The second-order valence-electron chi connectivity index (χ2n) is 5.35. The Kier molecular flexibility index (Phi) is 2.21. The third-order valence-corrected chi connectivity index (χ3v) is 4.03. The van der Waals surface area contributed by atoms with Crippen LogP contribution in [0.5, 0.6) is 0 Å². The molecule has 1 N–H and O–H groups in total. The molecule has 2 saturated heterocycles. The van der Waals surface area contributed by atoms with E-state index in [0.29, 0.717) is 0 Å². The monoisotopic (exact) mass is 267 g/mol. The fourth-order valence-electron chi connectivity index (χ4n) is 3.16. The maximum Gasteiger partial charge on any atom is 0.509 e. The van der Waals surface area contributed by atoms with Gasteiger partial charge in [-0.15, -0.1) is 0 Å². The molecule has 3 aliphatic heterocycles. The topological polar surface area (TPSA) is 93.1 Å². The maximum absolute atomic E-state index is 12.2. The fraction of sp³-hybridized carbons (Fsp3) is 0.583. The van der Waals surface area contributed by atoms with Gasteiger partial charge >= 0.3 is 12.1 Å². The molecule has 0 bridgehead atoms. The molecule has 0 unspecified atom stereocenters. The van der Waals surface area contributed by atoms with Crippen molar-refractivity contribution in [1.29, 1.82) is 0 Å². The van der Waals surface area contributed by atoms with E-state index in [1.54, 1.807) is 13.0 Å². The first-order chi connectivity index (χ1) is 8.85. The number of carboxylic acids is 1. The summed E-state index contributed by atoms with van der Waals surface area (Å²) >= 11 is 0. The van der Waals surface area contributed by atoms with Crippen molar-refractivity contribution in [3.8, 4) is 0 Å². The van der Waals surface area contributed by atoms with Crippen LogP contribution < -0.4 is 0 Å². The summed E-state index contributed by atoms with van der Waals surface area (Å²) in [5.41, 5.74) is -1.00. The first kappa shape index (κ1) is 12.0. The van der Waals surface area contributed by atoms with Crippen LogP contribution in [0.4, 0.5) is 4.79 Å². The number of fused-ring (bicyclic) bond motifs is 1. The van der Waals surface area contributed by atoms with Crippen LogP contribution in [0.2, 0.25) is 0 Å². The molecule has 0 aromatic heterocycles. The molecule has 0 saturated carbocycles. The van der Waals surface area contributed by atoms with E-state index < -0.39 is 23.6 Å². The van der Waals surface area contributed by atoms with Gasteiger partial charge in [0.2, 0.25) is 5.91 Å². The first-order valence-corrected chi connectivity index (χ1v) is 5.99. The van der Waals surface area contributed by atoms with Crippen LogP contribution in [0.3, 0.4) is 0 Å². The highest BCUT2D eigenvalue weighted by Gasteiger charge is 2.65. The van der Waals surface area contributed by atoms with Crippen molar-refractivity contribution < 1.29 is 29.0 Å². The Morgan fingerprint density at radius 3 is 2.74 bits per heavy atom. The molecule has 0 radical (unpaired) electrons. The lowest BCUT2D eigenvalue weighted by Crippen LogP contribution is -2.68. The summed E-state index contributed by atoms with van der Waals surface area (Å²) in [5.74, 6) is -2.10. The summed E-state index contributed by atoms with van der Waals surface area (Å²) < 4.78 is 9.86. The molecule has 0 aromatic rings. The normalized spacial score (nSPS) is 40.2. The summed E-state index contributed by atoms with van der Waals surface area (Å²) in [4.78, 5) is 35.6. The van der Waals surface area contributed by atoms with Crippen LogP contribution in [0, 0.1) is 11.8 Å². The lowest BCUT2D eigenvalue weighted by atomic mass is 9.72. The molecule has 3 aliphatic rings. The predicted molar refractivity (Wildman–Crippen MR) is 59.8 cm³/mol. The molecule has 0 spiro atoms. The van der Waals surface area contributed by atoms with Crippen LogP contribution in [0.15, 0.2) is 11.8 Å². The molecule has 7 heteroatoms. The van der Waals surface area contributed by atoms with Gasteiger partial charge in [0.1, 0.15) is 18.2 Å². The number of cyclic esters (lactones) is 2. The molecule has 102 valence electrons. The summed E-state index contributed by atoms with van der Waals surface area (Å²) in [5, 5.41) is 9.06. The smallest absolute Gasteiger partial charge is 0.477 e. The fourth-order valence-corrected chi connectivity index (χ4v) is 3.16. The summed E-state index contributed by atoms with van der Waals surface area (Å²) in [6.45, 7) is 3.50. The van der Waals surface area contributed by atoms with Crippen LogP contribution in [-0.4, -0.2) is 46.3 Å². The van der Waals surface area contributed by atoms with Crippen molar-refractivity contribution in [2.24, 2.45) is 11.8 Å². The van der Waals surface area contributed by atoms with E-state index in [9.17, 15) is 14.4 Å². The number of rotatable bonds is 2. The minimum Gasteiger partial charge on any atom is -0.477 e. The SMILES string of the molecule is C[C@@H]1C=C(C(=O)O)N2C(=O)[C@H]([C@@]3(C)COC(=O)O3)[C@@H]12. The van der Waals surface area contributed by atoms with Gasteiger partial charge in [0.25, 0.3) is 0 Å². The number of hydrogen-bond acceptors (Lipinski definition) is 5. The predicted octanol–water partition coefficient (Wildman–Crippen LogP) is 0.357. The zero-order valence-corrected chi connectivity index (χ0v) is 10.5. The molecular formula is C12H13NO6. The van der Waals surface area contributed by atoms with E-state index in [1.807, 2.05) is 6.92 Å².